The molecule has 0 atom stereocenters. The number of benzene rings is 1. The highest BCUT2D eigenvalue weighted by atomic mass is 32.1. The predicted octanol–water partition coefficient (Wildman–Crippen LogP) is 2.32. The van der Waals surface area contributed by atoms with E-state index in [4.69, 9.17) is 0 Å². The largest absolute Gasteiger partial charge is 0.336 e. The van der Waals surface area contributed by atoms with Crippen LogP contribution in [0.5, 0.6) is 0 Å². The minimum absolute atomic E-state index is 0.136. The number of aromatic nitrogens is 1. The van der Waals surface area contributed by atoms with Gasteiger partial charge < -0.3 is 4.90 Å². The number of nitro benzene ring substituents is 1. The molecule has 2 aromatic rings. The van der Waals surface area contributed by atoms with E-state index in [1.54, 1.807) is 28.4 Å². The van der Waals surface area contributed by atoms with E-state index < -0.39 is 4.92 Å². The highest BCUT2D eigenvalue weighted by Crippen LogP contribution is 2.20. The number of carbonyl (C=O) groups is 1. The van der Waals surface area contributed by atoms with Crippen molar-refractivity contribution in [1.82, 2.24) is 14.8 Å². The maximum absolute atomic E-state index is 12.6. The summed E-state index contributed by atoms with van der Waals surface area (Å²) in [5, 5.41) is 14.2. The molecule has 1 amide bonds. The summed E-state index contributed by atoms with van der Waals surface area (Å²) in [6.07, 6.45) is 0. The molecule has 1 aliphatic rings. The molecule has 0 spiro atoms. The van der Waals surface area contributed by atoms with E-state index in [0.29, 0.717) is 13.1 Å². The van der Waals surface area contributed by atoms with Crippen molar-refractivity contribution in [2.75, 3.05) is 26.2 Å². The highest BCUT2D eigenvalue weighted by Gasteiger charge is 2.27. The van der Waals surface area contributed by atoms with Crippen LogP contribution >= 0.6 is 11.3 Å². The first-order valence-corrected chi connectivity index (χ1v) is 8.58. The Hall–Kier alpha value is -2.32. The lowest BCUT2D eigenvalue weighted by Crippen LogP contribution is -2.48. The molecule has 0 aliphatic carbocycles. The van der Waals surface area contributed by atoms with Gasteiger partial charge in [-0.25, -0.2) is 4.98 Å². The van der Waals surface area contributed by atoms with Gasteiger partial charge in [-0.05, 0) is 13.0 Å². The van der Waals surface area contributed by atoms with Crippen LogP contribution in [0.4, 0.5) is 5.69 Å². The molecule has 1 saturated heterocycles. The summed E-state index contributed by atoms with van der Waals surface area (Å²) in [7, 11) is 0. The van der Waals surface area contributed by atoms with Crippen LogP contribution in [0.15, 0.2) is 29.6 Å². The zero-order valence-corrected chi connectivity index (χ0v) is 14.2. The number of hydrogen-bond donors (Lipinski definition) is 0. The van der Waals surface area contributed by atoms with Gasteiger partial charge in [-0.3, -0.25) is 19.8 Å². The maximum atomic E-state index is 12.6. The molecule has 1 aromatic carbocycles. The van der Waals surface area contributed by atoms with Gasteiger partial charge in [0.25, 0.3) is 11.6 Å². The van der Waals surface area contributed by atoms with E-state index in [-0.39, 0.29) is 17.2 Å². The molecule has 3 rings (SSSR count). The highest BCUT2D eigenvalue weighted by molar-refractivity contribution is 7.09. The molecule has 1 aliphatic heterocycles. The van der Waals surface area contributed by atoms with Gasteiger partial charge in [0.05, 0.1) is 15.6 Å². The Labute approximate surface area is 143 Å². The Morgan fingerprint density at radius 1 is 1.29 bits per heavy atom. The quantitative estimate of drug-likeness (QED) is 0.627. The van der Waals surface area contributed by atoms with Gasteiger partial charge in [0.1, 0.15) is 5.56 Å². The molecule has 0 radical (unpaired) electrons. The molecular formula is C16H18N4O3S. The zero-order chi connectivity index (χ0) is 17.1. The average Bonchev–Trinajstić information content (AvgIpc) is 3.00. The van der Waals surface area contributed by atoms with Crippen LogP contribution in [-0.2, 0) is 6.54 Å². The normalized spacial score (nSPS) is 15.5. The average molecular weight is 346 g/mol. The lowest BCUT2D eigenvalue weighted by molar-refractivity contribution is -0.385. The van der Waals surface area contributed by atoms with Crippen LogP contribution < -0.4 is 0 Å². The third-order valence-electron chi connectivity index (χ3n) is 4.04. The minimum atomic E-state index is -0.506. The van der Waals surface area contributed by atoms with Crippen molar-refractivity contribution in [1.29, 1.82) is 0 Å². The lowest BCUT2D eigenvalue weighted by Gasteiger charge is -2.34. The third kappa shape index (κ3) is 3.60. The van der Waals surface area contributed by atoms with Crippen LogP contribution in [0.25, 0.3) is 0 Å². The Morgan fingerprint density at radius 3 is 2.62 bits per heavy atom. The minimum Gasteiger partial charge on any atom is -0.336 e. The van der Waals surface area contributed by atoms with Crippen molar-refractivity contribution in [2.45, 2.75) is 13.5 Å². The van der Waals surface area contributed by atoms with Crippen LogP contribution in [0.2, 0.25) is 0 Å². The molecule has 0 bridgehead atoms. The second kappa shape index (κ2) is 7.06. The number of para-hydroxylation sites is 1. The standard InChI is InChI=1S/C16H18N4O3S/c1-12-17-13(11-24-12)10-18-6-8-19(9-7-18)16(21)14-4-2-3-5-15(14)20(22)23/h2-5,11H,6-10H2,1H3. The molecule has 24 heavy (non-hydrogen) atoms. The van der Waals surface area contributed by atoms with Crippen LogP contribution in [0.1, 0.15) is 21.1 Å². The molecule has 0 N–H and O–H groups in total. The number of rotatable bonds is 4. The smallest absolute Gasteiger partial charge is 0.282 e. The van der Waals surface area contributed by atoms with Crippen molar-refractivity contribution in [3.8, 4) is 0 Å². The second-order valence-corrected chi connectivity index (χ2v) is 6.76. The Balaban J connectivity index is 1.62. The predicted molar refractivity (Wildman–Crippen MR) is 91.1 cm³/mol. The van der Waals surface area contributed by atoms with E-state index in [1.807, 2.05) is 6.92 Å². The number of amides is 1. The molecule has 7 nitrogen and oxygen atoms in total. The molecule has 1 aromatic heterocycles. The zero-order valence-electron chi connectivity index (χ0n) is 13.3. The summed E-state index contributed by atoms with van der Waals surface area (Å²) in [5.41, 5.74) is 1.07. The number of nitro groups is 1. The SMILES string of the molecule is Cc1nc(CN2CCN(C(=O)c3ccccc3[N+](=O)[O-])CC2)cs1. The number of hydrogen-bond acceptors (Lipinski definition) is 6. The summed E-state index contributed by atoms with van der Waals surface area (Å²) in [4.78, 5) is 31.6. The fraction of sp³-hybridized carbons (Fsp3) is 0.375. The topological polar surface area (TPSA) is 79.6 Å². The monoisotopic (exact) mass is 346 g/mol. The van der Waals surface area contributed by atoms with Gasteiger partial charge in [0, 0.05) is 44.2 Å². The molecule has 1 fully saturated rings. The van der Waals surface area contributed by atoms with Crippen molar-refractivity contribution < 1.29 is 9.72 Å². The van der Waals surface area contributed by atoms with E-state index in [2.05, 4.69) is 15.3 Å². The molecule has 0 unspecified atom stereocenters. The summed E-state index contributed by atoms with van der Waals surface area (Å²) >= 11 is 1.63. The Bertz CT molecular complexity index is 753. The first-order valence-electron chi connectivity index (χ1n) is 7.70. The second-order valence-electron chi connectivity index (χ2n) is 5.70. The number of carbonyl (C=O) groups excluding carboxylic acids is 1. The van der Waals surface area contributed by atoms with Gasteiger partial charge >= 0.3 is 0 Å². The van der Waals surface area contributed by atoms with Crippen LogP contribution in [0.3, 0.4) is 0 Å². The van der Waals surface area contributed by atoms with E-state index in [0.717, 1.165) is 30.3 Å². The third-order valence-corrected chi connectivity index (χ3v) is 4.87. The van der Waals surface area contributed by atoms with E-state index in [1.165, 1.54) is 12.1 Å². The Kier molecular flexibility index (Phi) is 4.86. The first kappa shape index (κ1) is 16.5. The maximum Gasteiger partial charge on any atom is 0.282 e. The fourth-order valence-electron chi connectivity index (χ4n) is 2.80. The number of thiazole rings is 1. The summed E-state index contributed by atoms with van der Waals surface area (Å²) in [6.45, 7) is 5.36. The van der Waals surface area contributed by atoms with Gasteiger partial charge in [0.2, 0.25) is 0 Å². The summed E-state index contributed by atoms with van der Waals surface area (Å²) < 4.78 is 0. The number of nitrogens with zero attached hydrogens (tertiary/aromatic N) is 4. The molecule has 2 heterocycles. The Morgan fingerprint density at radius 2 is 2.00 bits per heavy atom. The number of piperazine rings is 1. The van der Waals surface area contributed by atoms with Gasteiger partial charge in [0.15, 0.2) is 0 Å². The van der Waals surface area contributed by atoms with E-state index >= 15 is 0 Å². The van der Waals surface area contributed by atoms with E-state index in [9.17, 15) is 14.9 Å². The van der Waals surface area contributed by atoms with Crippen LogP contribution in [0, 0.1) is 17.0 Å². The van der Waals surface area contributed by atoms with Crippen molar-refractivity contribution >= 4 is 22.9 Å². The van der Waals surface area contributed by atoms with Gasteiger partial charge in [-0.2, -0.15) is 0 Å². The van der Waals surface area contributed by atoms with Crippen LogP contribution in [-0.4, -0.2) is 51.8 Å². The molecule has 126 valence electrons. The summed E-state index contributed by atoms with van der Waals surface area (Å²) in [5.74, 6) is -0.272. The number of aryl methyl sites for hydroxylation is 1. The molecule has 8 heteroatoms. The molecule has 0 saturated carbocycles. The van der Waals surface area contributed by atoms with Gasteiger partial charge in [-0.1, -0.05) is 12.1 Å². The first-order chi connectivity index (χ1) is 11.5. The lowest BCUT2D eigenvalue weighted by atomic mass is 10.1. The summed E-state index contributed by atoms with van der Waals surface area (Å²) in [6, 6.07) is 6.11. The van der Waals surface area contributed by atoms with Crippen molar-refractivity contribution in [2.24, 2.45) is 0 Å². The van der Waals surface area contributed by atoms with Crippen molar-refractivity contribution in [3.05, 3.63) is 56.0 Å². The molecular weight excluding hydrogens is 328 g/mol. The van der Waals surface area contributed by atoms with Gasteiger partial charge in [-0.15, -0.1) is 11.3 Å². The fourth-order valence-corrected chi connectivity index (χ4v) is 3.41. The van der Waals surface area contributed by atoms with Crippen molar-refractivity contribution in [3.63, 3.8) is 0 Å².